The molecule has 1 aliphatic heterocycles. The third-order valence-electron chi connectivity index (χ3n) is 6.16. The summed E-state index contributed by atoms with van der Waals surface area (Å²) in [6.07, 6.45) is -6.89. The van der Waals surface area contributed by atoms with Crippen LogP contribution >= 0.6 is 0 Å². The number of hydrogen-bond acceptors (Lipinski definition) is 3. The number of ether oxygens (including phenoxy) is 1. The van der Waals surface area contributed by atoms with Crippen molar-refractivity contribution in [2.75, 3.05) is 10.2 Å². The first-order valence-corrected chi connectivity index (χ1v) is 10.4. The van der Waals surface area contributed by atoms with Gasteiger partial charge in [-0.05, 0) is 44.4 Å². The molecule has 0 bridgehead atoms. The Bertz CT molecular complexity index is 1180. The maximum Gasteiger partial charge on any atom is 0.395 e. The van der Waals surface area contributed by atoms with Crippen molar-refractivity contribution in [3.63, 3.8) is 0 Å². The molecule has 0 spiro atoms. The van der Waals surface area contributed by atoms with E-state index in [2.05, 4.69) is 5.32 Å². The molecule has 34 heavy (non-hydrogen) atoms. The SMILES string of the molecule is Cc1cc2c(c(F)c1NC(=O)CC1(C(F)(F)F)CC1)O[C@H](C)C(=O)N2Cc1ccc(F)cc1F. The topological polar surface area (TPSA) is 58.6 Å². The lowest BCUT2D eigenvalue weighted by molar-refractivity contribution is -0.189. The average Bonchev–Trinajstić information content (AvgIpc) is 3.52. The quantitative estimate of drug-likeness (QED) is 0.576. The van der Waals surface area contributed by atoms with Gasteiger partial charge in [-0.1, -0.05) is 6.07 Å². The third kappa shape index (κ3) is 4.19. The fourth-order valence-electron chi connectivity index (χ4n) is 3.96. The number of rotatable bonds is 5. The first kappa shape index (κ1) is 23.9. The first-order chi connectivity index (χ1) is 15.8. The van der Waals surface area contributed by atoms with Crippen molar-refractivity contribution in [2.24, 2.45) is 5.41 Å². The van der Waals surface area contributed by atoms with E-state index in [0.717, 1.165) is 17.0 Å². The van der Waals surface area contributed by atoms with E-state index in [1.54, 1.807) is 0 Å². The molecule has 1 atom stereocenters. The van der Waals surface area contributed by atoms with Crippen molar-refractivity contribution < 1.29 is 40.7 Å². The number of alkyl halides is 3. The van der Waals surface area contributed by atoms with Gasteiger partial charge >= 0.3 is 6.18 Å². The van der Waals surface area contributed by atoms with Gasteiger partial charge in [0.1, 0.15) is 11.6 Å². The second-order valence-electron chi connectivity index (χ2n) is 8.65. The van der Waals surface area contributed by atoms with Crippen molar-refractivity contribution in [3.8, 4) is 5.75 Å². The summed E-state index contributed by atoms with van der Waals surface area (Å²) in [6, 6.07) is 4.15. The minimum Gasteiger partial charge on any atom is -0.476 e. The van der Waals surface area contributed by atoms with Gasteiger partial charge in [0.25, 0.3) is 5.91 Å². The number of benzene rings is 2. The second-order valence-corrected chi connectivity index (χ2v) is 8.65. The predicted molar refractivity (Wildman–Crippen MR) is 110 cm³/mol. The summed E-state index contributed by atoms with van der Waals surface area (Å²) in [4.78, 5) is 26.1. The lowest BCUT2D eigenvalue weighted by atomic mass is 10.0. The Morgan fingerprint density at radius 1 is 1.21 bits per heavy atom. The Balaban J connectivity index is 1.65. The summed E-state index contributed by atoms with van der Waals surface area (Å²) >= 11 is 0. The zero-order valence-corrected chi connectivity index (χ0v) is 18.2. The molecule has 1 heterocycles. The zero-order valence-electron chi connectivity index (χ0n) is 18.2. The van der Waals surface area contributed by atoms with E-state index >= 15 is 4.39 Å². The molecular formula is C23H20F6N2O3. The Morgan fingerprint density at radius 3 is 2.47 bits per heavy atom. The number of halogens is 6. The van der Waals surface area contributed by atoms with Crippen LogP contribution in [-0.4, -0.2) is 24.1 Å². The highest BCUT2D eigenvalue weighted by Crippen LogP contribution is 2.60. The molecule has 0 aromatic heterocycles. The fraction of sp³-hybridized carbons (Fsp3) is 0.391. The minimum atomic E-state index is -4.54. The molecule has 1 saturated carbocycles. The monoisotopic (exact) mass is 486 g/mol. The smallest absolute Gasteiger partial charge is 0.395 e. The molecular weight excluding hydrogens is 466 g/mol. The van der Waals surface area contributed by atoms with Crippen LogP contribution in [0.2, 0.25) is 0 Å². The normalized spacial score (nSPS) is 18.9. The van der Waals surface area contributed by atoms with Crippen LogP contribution in [0.5, 0.6) is 5.75 Å². The number of carbonyl (C=O) groups excluding carboxylic acids is 2. The Hall–Kier alpha value is -3.24. The minimum absolute atomic E-state index is 0.0212. The van der Waals surface area contributed by atoms with Crippen molar-refractivity contribution in [1.82, 2.24) is 0 Å². The number of amides is 2. The van der Waals surface area contributed by atoms with Gasteiger partial charge in [0.2, 0.25) is 5.91 Å². The van der Waals surface area contributed by atoms with Crippen LogP contribution in [0.4, 0.5) is 37.7 Å². The molecule has 182 valence electrons. The number of nitrogens with zero attached hydrogens (tertiary/aromatic N) is 1. The Kier molecular flexibility index (Phi) is 5.77. The molecule has 0 radical (unpaired) electrons. The van der Waals surface area contributed by atoms with Gasteiger partial charge in [0.05, 0.1) is 23.3 Å². The van der Waals surface area contributed by atoms with Crippen LogP contribution < -0.4 is 15.0 Å². The van der Waals surface area contributed by atoms with Crippen LogP contribution in [0.15, 0.2) is 24.3 Å². The molecule has 1 fully saturated rings. The van der Waals surface area contributed by atoms with Gasteiger partial charge in [-0.3, -0.25) is 9.59 Å². The van der Waals surface area contributed by atoms with Gasteiger partial charge < -0.3 is 15.0 Å². The molecule has 1 N–H and O–H groups in total. The van der Waals surface area contributed by atoms with Crippen LogP contribution in [0.25, 0.3) is 0 Å². The highest BCUT2D eigenvalue weighted by Gasteiger charge is 2.63. The molecule has 0 unspecified atom stereocenters. The van der Waals surface area contributed by atoms with E-state index in [9.17, 15) is 31.5 Å². The molecule has 2 aromatic carbocycles. The predicted octanol–water partition coefficient (Wildman–Crippen LogP) is 5.40. The number of nitrogens with one attached hydrogen (secondary N) is 1. The van der Waals surface area contributed by atoms with Crippen LogP contribution in [0, 0.1) is 29.8 Å². The fourth-order valence-corrected chi connectivity index (χ4v) is 3.96. The van der Waals surface area contributed by atoms with E-state index in [1.807, 2.05) is 0 Å². The van der Waals surface area contributed by atoms with Gasteiger partial charge in [-0.15, -0.1) is 0 Å². The highest BCUT2D eigenvalue weighted by molar-refractivity contribution is 6.01. The Morgan fingerprint density at radius 2 is 1.88 bits per heavy atom. The van der Waals surface area contributed by atoms with Crippen LogP contribution in [0.1, 0.15) is 37.3 Å². The molecule has 1 aliphatic carbocycles. The zero-order chi connectivity index (χ0) is 25.0. The van der Waals surface area contributed by atoms with Crippen molar-refractivity contribution in [1.29, 1.82) is 0 Å². The van der Waals surface area contributed by atoms with Crippen LogP contribution in [0.3, 0.4) is 0 Å². The number of anilines is 2. The average molecular weight is 486 g/mol. The number of hydrogen-bond donors (Lipinski definition) is 1. The molecule has 4 rings (SSSR count). The summed E-state index contributed by atoms with van der Waals surface area (Å²) in [5.41, 5.74) is -2.41. The van der Waals surface area contributed by atoms with Crippen molar-refractivity contribution in [3.05, 3.63) is 52.8 Å². The van der Waals surface area contributed by atoms with Crippen LogP contribution in [-0.2, 0) is 16.1 Å². The van der Waals surface area contributed by atoms with Crippen molar-refractivity contribution in [2.45, 2.75) is 51.9 Å². The maximum atomic E-state index is 15.4. The third-order valence-corrected chi connectivity index (χ3v) is 6.16. The lowest BCUT2D eigenvalue weighted by Crippen LogP contribution is -2.44. The van der Waals surface area contributed by atoms with Gasteiger partial charge in [-0.25, -0.2) is 13.2 Å². The summed E-state index contributed by atoms with van der Waals surface area (Å²) in [5, 5.41) is 2.20. The maximum absolute atomic E-state index is 15.4. The summed E-state index contributed by atoms with van der Waals surface area (Å²) in [7, 11) is 0. The molecule has 11 heteroatoms. The van der Waals surface area contributed by atoms with E-state index in [4.69, 9.17) is 4.74 Å². The summed E-state index contributed by atoms with van der Waals surface area (Å²) in [6.45, 7) is 2.40. The van der Waals surface area contributed by atoms with Gasteiger partial charge in [0, 0.05) is 18.1 Å². The standard InChI is InChI=1S/C23H20F6N2O3/c1-11-7-16-20(18(26)19(11)30-17(32)9-22(5-6-22)23(27,28)29)34-12(2)21(33)31(16)10-13-3-4-14(24)8-15(13)25/h3-4,7-8,12H,5-6,9-10H2,1-2H3,(H,30,32)/t12-/m1/s1. The largest absolute Gasteiger partial charge is 0.476 e. The second kappa shape index (κ2) is 8.21. The van der Waals surface area contributed by atoms with Gasteiger partial charge in [-0.2, -0.15) is 13.2 Å². The van der Waals surface area contributed by atoms with E-state index in [-0.39, 0.29) is 41.9 Å². The van der Waals surface area contributed by atoms with E-state index < -0.39 is 59.1 Å². The summed E-state index contributed by atoms with van der Waals surface area (Å²) < 4.78 is 87.7. The number of fused-ring (bicyclic) bond motifs is 1. The van der Waals surface area contributed by atoms with Gasteiger partial charge in [0.15, 0.2) is 17.7 Å². The first-order valence-electron chi connectivity index (χ1n) is 10.4. The van der Waals surface area contributed by atoms with Crippen molar-refractivity contribution >= 4 is 23.2 Å². The Labute approximate surface area is 190 Å². The summed E-state index contributed by atoms with van der Waals surface area (Å²) in [5.74, 6) is -4.77. The molecule has 0 saturated heterocycles. The number of aryl methyl sites for hydroxylation is 1. The number of carbonyl (C=O) groups is 2. The highest BCUT2D eigenvalue weighted by atomic mass is 19.4. The lowest BCUT2D eigenvalue weighted by Gasteiger charge is -2.34. The van der Waals surface area contributed by atoms with E-state index in [1.165, 1.54) is 19.9 Å². The van der Waals surface area contributed by atoms with E-state index in [0.29, 0.717) is 6.07 Å². The molecule has 2 aromatic rings. The molecule has 5 nitrogen and oxygen atoms in total. The molecule has 2 amide bonds. The molecule has 2 aliphatic rings.